The van der Waals surface area contributed by atoms with Gasteiger partial charge in [-0.15, -0.1) is 0 Å². The van der Waals surface area contributed by atoms with Gasteiger partial charge in [0.05, 0.1) is 33.5 Å². The molecule has 0 spiro atoms. The lowest BCUT2D eigenvalue weighted by Gasteiger charge is -2.37. The Hall–Kier alpha value is -1.99. The van der Waals surface area contributed by atoms with Gasteiger partial charge in [0.25, 0.3) is 0 Å². The van der Waals surface area contributed by atoms with E-state index in [0.29, 0.717) is 5.92 Å². The molecule has 0 radical (unpaired) electrons. The summed E-state index contributed by atoms with van der Waals surface area (Å²) < 4.78 is 16.6. The summed E-state index contributed by atoms with van der Waals surface area (Å²) in [5, 5.41) is 3.64. The molecule has 3 rings (SSSR count). The number of guanidine groups is 1. The number of hydrogen-bond acceptors (Lipinski definition) is 5. The predicted molar refractivity (Wildman–Crippen MR) is 116 cm³/mol. The van der Waals surface area contributed by atoms with Gasteiger partial charge in [0.15, 0.2) is 17.5 Å². The molecule has 0 amide bonds. The van der Waals surface area contributed by atoms with Crippen LogP contribution in [0.15, 0.2) is 23.2 Å². The number of rotatable bonds is 6. The summed E-state index contributed by atoms with van der Waals surface area (Å²) in [4.78, 5) is 9.43. The van der Waals surface area contributed by atoms with Crippen molar-refractivity contribution in [3.05, 3.63) is 23.8 Å². The first kappa shape index (κ1) is 21.7. The maximum atomic E-state index is 5.58. The lowest BCUT2D eigenvalue weighted by atomic mass is 10.0. The van der Waals surface area contributed by atoms with E-state index in [4.69, 9.17) is 14.2 Å². The molecule has 1 aromatic rings. The van der Waals surface area contributed by atoms with Gasteiger partial charge in [-0.3, -0.25) is 9.89 Å². The summed E-state index contributed by atoms with van der Waals surface area (Å²) >= 11 is 0. The van der Waals surface area contributed by atoms with Crippen molar-refractivity contribution in [2.45, 2.75) is 25.8 Å². The fraction of sp³-hybridized carbons (Fsp3) is 0.682. The minimum absolute atomic E-state index is 0.206. The van der Waals surface area contributed by atoms with Crippen molar-refractivity contribution >= 4 is 5.96 Å². The minimum Gasteiger partial charge on any atom is -0.493 e. The molecule has 0 bridgehead atoms. The van der Waals surface area contributed by atoms with Crippen LogP contribution in [-0.4, -0.2) is 83.0 Å². The second-order valence-electron chi connectivity index (χ2n) is 7.90. The molecule has 2 unspecified atom stereocenters. The van der Waals surface area contributed by atoms with Crippen LogP contribution in [0.3, 0.4) is 0 Å². The maximum absolute atomic E-state index is 5.58. The van der Waals surface area contributed by atoms with Crippen molar-refractivity contribution in [2.24, 2.45) is 10.9 Å². The molecule has 162 valence electrons. The molecule has 7 heteroatoms. The van der Waals surface area contributed by atoms with Gasteiger partial charge in [-0.05, 0) is 36.5 Å². The molecule has 2 aliphatic heterocycles. The van der Waals surface area contributed by atoms with Gasteiger partial charge in [-0.1, -0.05) is 13.0 Å². The first-order chi connectivity index (χ1) is 14.2. The van der Waals surface area contributed by atoms with Crippen molar-refractivity contribution in [1.82, 2.24) is 15.1 Å². The van der Waals surface area contributed by atoms with Crippen molar-refractivity contribution in [1.29, 1.82) is 0 Å². The summed E-state index contributed by atoms with van der Waals surface area (Å²) in [6.45, 7) is 8.61. The van der Waals surface area contributed by atoms with Crippen LogP contribution in [0.2, 0.25) is 0 Å². The zero-order chi connectivity index (χ0) is 20.6. The van der Waals surface area contributed by atoms with Gasteiger partial charge < -0.3 is 24.4 Å². The molecular weight excluding hydrogens is 368 g/mol. The normalized spacial score (nSPS) is 22.3. The summed E-state index contributed by atoms with van der Waals surface area (Å²) in [5.41, 5.74) is 1.21. The average Bonchev–Trinajstić information content (AvgIpc) is 2.77. The van der Waals surface area contributed by atoms with Gasteiger partial charge in [0.1, 0.15) is 0 Å². The highest BCUT2D eigenvalue weighted by Gasteiger charge is 2.26. The van der Waals surface area contributed by atoms with Crippen LogP contribution in [-0.2, 0) is 4.74 Å². The molecule has 1 N–H and O–H groups in total. The predicted octanol–water partition coefficient (Wildman–Crippen LogP) is 2.38. The lowest BCUT2D eigenvalue weighted by Crippen LogP contribution is -2.49. The number of nitrogens with one attached hydrogen (secondary N) is 1. The molecule has 7 nitrogen and oxygen atoms in total. The van der Waals surface area contributed by atoms with E-state index in [9.17, 15) is 0 Å². The van der Waals surface area contributed by atoms with Crippen LogP contribution in [0.1, 0.15) is 31.4 Å². The molecule has 0 aromatic heterocycles. The second-order valence-corrected chi connectivity index (χ2v) is 7.90. The van der Waals surface area contributed by atoms with Gasteiger partial charge in [0, 0.05) is 39.8 Å². The third kappa shape index (κ3) is 5.54. The van der Waals surface area contributed by atoms with Crippen LogP contribution in [0.25, 0.3) is 0 Å². The van der Waals surface area contributed by atoms with E-state index in [1.54, 1.807) is 14.2 Å². The average molecular weight is 405 g/mol. The van der Waals surface area contributed by atoms with E-state index in [1.807, 2.05) is 13.1 Å². The summed E-state index contributed by atoms with van der Waals surface area (Å²) in [5.74, 6) is 3.22. The summed E-state index contributed by atoms with van der Waals surface area (Å²) in [6, 6.07) is 6.42. The van der Waals surface area contributed by atoms with Crippen molar-refractivity contribution in [3.63, 3.8) is 0 Å². The van der Waals surface area contributed by atoms with Crippen LogP contribution >= 0.6 is 0 Å². The van der Waals surface area contributed by atoms with Crippen molar-refractivity contribution < 1.29 is 14.2 Å². The van der Waals surface area contributed by atoms with E-state index in [-0.39, 0.29) is 6.04 Å². The van der Waals surface area contributed by atoms with Gasteiger partial charge in [0.2, 0.25) is 0 Å². The van der Waals surface area contributed by atoms with E-state index < -0.39 is 0 Å². The van der Waals surface area contributed by atoms with Crippen LogP contribution in [0, 0.1) is 5.92 Å². The lowest BCUT2D eigenvalue weighted by molar-refractivity contribution is 0.0168. The largest absolute Gasteiger partial charge is 0.493 e. The zero-order valence-corrected chi connectivity index (χ0v) is 18.3. The van der Waals surface area contributed by atoms with E-state index in [0.717, 1.165) is 63.4 Å². The number of benzene rings is 1. The Morgan fingerprint density at radius 2 is 1.97 bits per heavy atom. The molecule has 2 fully saturated rings. The van der Waals surface area contributed by atoms with Crippen LogP contribution < -0.4 is 14.8 Å². The van der Waals surface area contributed by atoms with Gasteiger partial charge in [-0.25, -0.2) is 0 Å². The van der Waals surface area contributed by atoms with E-state index in [1.165, 1.54) is 18.4 Å². The number of nitrogens with zero attached hydrogens (tertiary/aromatic N) is 3. The Labute approximate surface area is 175 Å². The van der Waals surface area contributed by atoms with Gasteiger partial charge >= 0.3 is 0 Å². The first-order valence-corrected chi connectivity index (χ1v) is 10.7. The highest BCUT2D eigenvalue weighted by atomic mass is 16.5. The van der Waals surface area contributed by atoms with E-state index >= 15 is 0 Å². The molecule has 0 saturated carbocycles. The molecule has 29 heavy (non-hydrogen) atoms. The standard InChI is InChI=1S/C22H36N4O3/c1-17-6-5-9-26(16-17)22(23-2)24-15-19(25-10-12-29-13-11-25)18-7-8-20(27-3)21(14-18)28-4/h7-8,14,17,19H,5-6,9-13,15-16H2,1-4H3,(H,23,24). The second kappa shape index (κ2) is 10.7. The van der Waals surface area contributed by atoms with Crippen LogP contribution in [0.5, 0.6) is 11.5 Å². The number of likely N-dealkylation sites (tertiary alicyclic amines) is 1. The SMILES string of the molecule is CN=C(NCC(c1ccc(OC)c(OC)c1)N1CCOCC1)N1CCCC(C)C1. The third-order valence-corrected chi connectivity index (χ3v) is 5.90. The number of aliphatic imine (C=N–C) groups is 1. The number of morpholine rings is 1. The Bertz CT molecular complexity index is 676. The quantitative estimate of drug-likeness (QED) is 0.580. The molecular formula is C22H36N4O3. The molecule has 2 atom stereocenters. The maximum Gasteiger partial charge on any atom is 0.193 e. The fourth-order valence-corrected chi connectivity index (χ4v) is 4.31. The topological polar surface area (TPSA) is 58.6 Å². The highest BCUT2D eigenvalue weighted by Crippen LogP contribution is 2.32. The smallest absolute Gasteiger partial charge is 0.193 e. The first-order valence-electron chi connectivity index (χ1n) is 10.7. The van der Waals surface area contributed by atoms with Crippen LogP contribution in [0.4, 0.5) is 0 Å². The summed E-state index contributed by atoms with van der Waals surface area (Å²) in [7, 11) is 5.23. The van der Waals surface area contributed by atoms with Crippen molar-refractivity contribution in [3.8, 4) is 11.5 Å². The Morgan fingerprint density at radius 1 is 1.21 bits per heavy atom. The Morgan fingerprint density at radius 3 is 2.62 bits per heavy atom. The Balaban J connectivity index is 1.77. The number of ether oxygens (including phenoxy) is 3. The Kier molecular flexibility index (Phi) is 8.00. The third-order valence-electron chi connectivity index (χ3n) is 5.90. The number of methoxy groups -OCH3 is 2. The van der Waals surface area contributed by atoms with Gasteiger partial charge in [-0.2, -0.15) is 0 Å². The monoisotopic (exact) mass is 404 g/mol. The zero-order valence-electron chi connectivity index (χ0n) is 18.3. The molecule has 2 heterocycles. The highest BCUT2D eigenvalue weighted by molar-refractivity contribution is 5.80. The minimum atomic E-state index is 0.206. The number of piperidine rings is 1. The molecule has 2 aliphatic rings. The summed E-state index contributed by atoms with van der Waals surface area (Å²) in [6.07, 6.45) is 2.53. The molecule has 2 saturated heterocycles. The molecule has 1 aromatic carbocycles. The van der Waals surface area contributed by atoms with E-state index in [2.05, 4.69) is 39.2 Å². The van der Waals surface area contributed by atoms with Crippen molar-refractivity contribution in [2.75, 3.05) is 67.2 Å². The number of hydrogen-bond donors (Lipinski definition) is 1. The fourth-order valence-electron chi connectivity index (χ4n) is 4.31. The molecule has 0 aliphatic carbocycles.